The van der Waals surface area contributed by atoms with E-state index < -0.39 is 0 Å². The molecule has 4 heterocycles. The largest absolute Gasteiger partial charge is 0.460 e. The zero-order chi connectivity index (χ0) is 16.0. The Morgan fingerprint density at radius 3 is 2.35 bits per heavy atom. The lowest BCUT2D eigenvalue weighted by Crippen LogP contribution is -2.60. The second-order valence-electron chi connectivity index (χ2n) is 7.21. The van der Waals surface area contributed by atoms with E-state index in [0.29, 0.717) is 6.42 Å². The number of hydrogen-bond acceptors (Lipinski definition) is 6. The van der Waals surface area contributed by atoms with Crippen LogP contribution in [0.5, 0.6) is 0 Å². The molecule has 0 unspecified atom stereocenters. The van der Waals surface area contributed by atoms with Gasteiger partial charge >= 0.3 is 5.97 Å². The summed E-state index contributed by atoms with van der Waals surface area (Å²) < 4.78 is 29.8. The molecule has 0 N–H and O–H groups in total. The van der Waals surface area contributed by atoms with Gasteiger partial charge in [-0.25, -0.2) is 0 Å². The van der Waals surface area contributed by atoms with Crippen LogP contribution in [0.15, 0.2) is 0 Å². The van der Waals surface area contributed by atoms with E-state index in [1.165, 1.54) is 6.92 Å². The van der Waals surface area contributed by atoms with Crippen LogP contribution in [-0.4, -0.2) is 61.4 Å². The molecule has 130 valence electrons. The monoisotopic (exact) mass is 326 g/mol. The summed E-state index contributed by atoms with van der Waals surface area (Å²) in [4.78, 5) is 11.2. The number of esters is 1. The van der Waals surface area contributed by atoms with Crippen molar-refractivity contribution >= 4 is 5.97 Å². The van der Waals surface area contributed by atoms with E-state index in [1.807, 2.05) is 6.92 Å². The number of ether oxygens (including phenoxy) is 5. The molecule has 0 saturated carbocycles. The van der Waals surface area contributed by atoms with Gasteiger partial charge < -0.3 is 23.7 Å². The fraction of sp³-hybridized carbons (Fsp3) is 0.941. The van der Waals surface area contributed by atoms with Gasteiger partial charge in [0.05, 0.1) is 42.7 Å². The molecule has 0 bridgehead atoms. The maximum atomic E-state index is 11.2. The fourth-order valence-electron chi connectivity index (χ4n) is 4.42. The molecule has 8 atom stereocenters. The number of carbonyl (C=O) groups is 1. The van der Waals surface area contributed by atoms with Crippen LogP contribution in [0.2, 0.25) is 0 Å². The molecule has 4 aliphatic rings. The van der Waals surface area contributed by atoms with Crippen molar-refractivity contribution in [3.8, 4) is 0 Å². The minimum Gasteiger partial charge on any atom is -0.460 e. The summed E-state index contributed by atoms with van der Waals surface area (Å²) in [6.07, 6.45) is 4.79. The van der Waals surface area contributed by atoms with Crippen LogP contribution in [-0.2, 0) is 28.5 Å². The number of rotatable bonds is 1. The van der Waals surface area contributed by atoms with Gasteiger partial charge in [0.1, 0.15) is 6.10 Å². The molecule has 4 saturated heterocycles. The quantitative estimate of drug-likeness (QED) is 0.682. The second-order valence-corrected chi connectivity index (χ2v) is 7.21. The first-order valence-electron chi connectivity index (χ1n) is 8.85. The molecule has 0 amide bonds. The maximum absolute atomic E-state index is 11.2. The zero-order valence-corrected chi connectivity index (χ0v) is 13.8. The van der Waals surface area contributed by atoms with Crippen molar-refractivity contribution in [3.63, 3.8) is 0 Å². The van der Waals surface area contributed by atoms with E-state index in [9.17, 15) is 4.79 Å². The van der Waals surface area contributed by atoms with E-state index in [1.54, 1.807) is 0 Å². The Morgan fingerprint density at radius 2 is 1.57 bits per heavy atom. The zero-order valence-electron chi connectivity index (χ0n) is 13.8. The molecule has 0 aliphatic carbocycles. The van der Waals surface area contributed by atoms with Gasteiger partial charge in [-0.15, -0.1) is 0 Å². The SMILES string of the molecule is CC(=O)O[C@@H]1C[C@@H]2O[C@@H]3C[C@@H]4OCCC[C@H]4O[C@H]3C[C@H]2O[C@H]1C. The van der Waals surface area contributed by atoms with E-state index >= 15 is 0 Å². The van der Waals surface area contributed by atoms with E-state index in [2.05, 4.69) is 0 Å². The van der Waals surface area contributed by atoms with Gasteiger partial charge in [-0.3, -0.25) is 4.79 Å². The Bertz CT molecular complexity index is 454. The summed E-state index contributed by atoms with van der Waals surface area (Å²) in [6.45, 7) is 4.22. The topological polar surface area (TPSA) is 63.2 Å². The van der Waals surface area contributed by atoms with Crippen molar-refractivity contribution in [1.82, 2.24) is 0 Å². The van der Waals surface area contributed by atoms with Crippen molar-refractivity contribution in [2.24, 2.45) is 0 Å². The predicted molar refractivity (Wildman–Crippen MR) is 80.0 cm³/mol. The predicted octanol–water partition coefficient (Wildman–Crippen LogP) is 1.59. The number of fused-ring (bicyclic) bond motifs is 3. The van der Waals surface area contributed by atoms with Crippen molar-refractivity contribution < 1.29 is 28.5 Å². The van der Waals surface area contributed by atoms with Crippen molar-refractivity contribution in [1.29, 1.82) is 0 Å². The summed E-state index contributed by atoms with van der Waals surface area (Å²) in [7, 11) is 0. The summed E-state index contributed by atoms with van der Waals surface area (Å²) in [5.41, 5.74) is 0. The average Bonchev–Trinajstić information content (AvgIpc) is 2.51. The minimum atomic E-state index is -0.267. The highest BCUT2D eigenvalue weighted by atomic mass is 16.6. The summed E-state index contributed by atoms with van der Waals surface area (Å²) in [5, 5.41) is 0. The lowest BCUT2D eigenvalue weighted by Gasteiger charge is -2.51. The van der Waals surface area contributed by atoms with Gasteiger partial charge in [-0.1, -0.05) is 0 Å². The average molecular weight is 326 g/mol. The Kier molecular flexibility index (Phi) is 4.34. The summed E-state index contributed by atoms with van der Waals surface area (Å²) >= 11 is 0. The first-order chi connectivity index (χ1) is 11.1. The highest BCUT2D eigenvalue weighted by Crippen LogP contribution is 2.40. The van der Waals surface area contributed by atoms with Crippen LogP contribution in [0, 0.1) is 0 Å². The van der Waals surface area contributed by atoms with Gasteiger partial charge in [0.25, 0.3) is 0 Å². The third-order valence-corrected chi connectivity index (χ3v) is 5.53. The van der Waals surface area contributed by atoms with Crippen LogP contribution < -0.4 is 0 Å². The Balaban J connectivity index is 1.42. The Hall–Kier alpha value is -0.690. The Morgan fingerprint density at radius 1 is 0.913 bits per heavy atom. The molecule has 6 heteroatoms. The lowest BCUT2D eigenvalue weighted by atomic mass is 9.85. The maximum Gasteiger partial charge on any atom is 0.302 e. The molecule has 0 aromatic rings. The molecule has 0 aromatic heterocycles. The molecule has 0 aromatic carbocycles. The van der Waals surface area contributed by atoms with Crippen molar-refractivity contribution in [2.45, 2.75) is 94.8 Å². The normalized spacial score (nSPS) is 49.5. The summed E-state index contributed by atoms with van der Waals surface area (Å²) in [5.74, 6) is -0.267. The number of carbonyl (C=O) groups excluding carboxylic acids is 1. The summed E-state index contributed by atoms with van der Waals surface area (Å²) in [6, 6.07) is 0. The van der Waals surface area contributed by atoms with Crippen LogP contribution in [0.4, 0.5) is 0 Å². The van der Waals surface area contributed by atoms with Gasteiger partial charge in [-0.2, -0.15) is 0 Å². The number of hydrogen-bond donors (Lipinski definition) is 0. The van der Waals surface area contributed by atoms with E-state index in [4.69, 9.17) is 23.7 Å². The highest BCUT2D eigenvalue weighted by Gasteiger charge is 2.50. The van der Waals surface area contributed by atoms with Crippen LogP contribution in [0.25, 0.3) is 0 Å². The van der Waals surface area contributed by atoms with Gasteiger partial charge in [0.15, 0.2) is 0 Å². The molecule has 0 spiro atoms. The second kappa shape index (κ2) is 6.31. The van der Waals surface area contributed by atoms with Crippen molar-refractivity contribution in [3.05, 3.63) is 0 Å². The fourth-order valence-corrected chi connectivity index (χ4v) is 4.42. The lowest BCUT2D eigenvalue weighted by molar-refractivity contribution is -0.288. The molecule has 4 fully saturated rings. The standard InChI is InChI=1S/C17H26O6/c1-9-12(21-10(2)18)6-15-14(20-9)8-17-16(23-15)7-13-11(22-17)4-3-5-19-13/h9,11-17H,3-8H2,1-2H3/t9-,11+,12+,13-,14+,15-,16+,17-/m0/s1. The van der Waals surface area contributed by atoms with Gasteiger partial charge in [-0.05, 0) is 19.8 Å². The van der Waals surface area contributed by atoms with Crippen LogP contribution in [0.1, 0.15) is 46.0 Å². The molecular formula is C17H26O6. The van der Waals surface area contributed by atoms with Gasteiger partial charge in [0, 0.05) is 32.8 Å². The molecule has 23 heavy (non-hydrogen) atoms. The smallest absolute Gasteiger partial charge is 0.302 e. The molecule has 0 radical (unpaired) electrons. The molecule has 4 aliphatic heterocycles. The third-order valence-electron chi connectivity index (χ3n) is 5.53. The van der Waals surface area contributed by atoms with E-state index in [0.717, 1.165) is 32.3 Å². The first-order valence-corrected chi connectivity index (χ1v) is 8.85. The minimum absolute atomic E-state index is 0.0270. The van der Waals surface area contributed by atoms with Crippen LogP contribution in [0.3, 0.4) is 0 Å². The third kappa shape index (κ3) is 3.14. The highest BCUT2D eigenvalue weighted by molar-refractivity contribution is 5.66. The molecular weight excluding hydrogens is 300 g/mol. The van der Waals surface area contributed by atoms with Crippen molar-refractivity contribution in [2.75, 3.05) is 6.61 Å². The van der Waals surface area contributed by atoms with Gasteiger partial charge in [0.2, 0.25) is 0 Å². The van der Waals surface area contributed by atoms with E-state index in [-0.39, 0.29) is 54.8 Å². The first kappa shape index (κ1) is 15.8. The molecule has 6 nitrogen and oxygen atoms in total. The molecule has 4 rings (SSSR count). The Labute approximate surface area is 136 Å². The van der Waals surface area contributed by atoms with Crippen LogP contribution >= 0.6 is 0 Å².